The van der Waals surface area contributed by atoms with Crippen LogP contribution in [-0.2, 0) is 0 Å². The number of hydrogen-bond acceptors (Lipinski definition) is 3. The number of aromatic hydroxyl groups is 1. The predicted octanol–water partition coefficient (Wildman–Crippen LogP) is 1.70. The minimum absolute atomic E-state index is 0.295. The van der Waals surface area contributed by atoms with Crippen LogP contribution in [0.3, 0.4) is 0 Å². The second-order valence-corrected chi connectivity index (χ2v) is 4.41. The number of hydrogen-bond donors (Lipinski definition) is 2. The van der Waals surface area contributed by atoms with Crippen molar-refractivity contribution in [3.8, 4) is 5.75 Å². The van der Waals surface area contributed by atoms with Gasteiger partial charge in [0.2, 0.25) is 0 Å². The van der Waals surface area contributed by atoms with Crippen LogP contribution in [0.5, 0.6) is 5.75 Å². The van der Waals surface area contributed by atoms with Crippen LogP contribution in [0.4, 0.5) is 5.69 Å². The molecule has 0 saturated carbocycles. The maximum Gasteiger partial charge on any atom is 0.116 e. The lowest BCUT2D eigenvalue weighted by molar-refractivity contribution is 0.176. The fourth-order valence-electron chi connectivity index (χ4n) is 2.36. The Hall–Kier alpha value is -1.22. The molecule has 2 N–H and O–H groups in total. The van der Waals surface area contributed by atoms with E-state index in [1.165, 1.54) is 5.69 Å². The Balaban J connectivity index is 2.31. The quantitative estimate of drug-likeness (QED) is 0.775. The second-order valence-electron chi connectivity index (χ2n) is 4.41. The molecule has 0 spiro atoms. The molecule has 1 heterocycles. The zero-order valence-corrected chi connectivity index (χ0v) is 9.14. The van der Waals surface area contributed by atoms with E-state index in [-0.39, 0.29) is 6.10 Å². The third kappa shape index (κ3) is 1.92. The van der Waals surface area contributed by atoms with Crippen LogP contribution in [-0.4, -0.2) is 29.9 Å². The molecule has 1 aromatic carbocycles. The van der Waals surface area contributed by atoms with E-state index in [0.29, 0.717) is 11.7 Å². The largest absolute Gasteiger partial charge is 0.508 e. The molecule has 3 nitrogen and oxygen atoms in total. The van der Waals surface area contributed by atoms with Crippen LogP contribution in [0.2, 0.25) is 0 Å². The van der Waals surface area contributed by atoms with Crippen LogP contribution < -0.4 is 4.90 Å². The molecule has 0 bridgehead atoms. The van der Waals surface area contributed by atoms with E-state index in [2.05, 4.69) is 4.90 Å². The van der Waals surface area contributed by atoms with Gasteiger partial charge in [-0.25, -0.2) is 0 Å². The van der Waals surface area contributed by atoms with E-state index >= 15 is 0 Å². The van der Waals surface area contributed by atoms with Crippen molar-refractivity contribution in [1.29, 1.82) is 0 Å². The van der Waals surface area contributed by atoms with Gasteiger partial charge in [-0.3, -0.25) is 0 Å². The smallest absolute Gasteiger partial charge is 0.116 e. The van der Waals surface area contributed by atoms with Gasteiger partial charge in [0, 0.05) is 25.2 Å². The molecule has 1 aliphatic heterocycles. The van der Waals surface area contributed by atoms with Gasteiger partial charge in [0.25, 0.3) is 0 Å². The normalized spacial score (nSPS) is 21.5. The Morgan fingerprint density at radius 3 is 2.93 bits per heavy atom. The number of aliphatic hydroxyl groups excluding tert-OH is 1. The van der Waals surface area contributed by atoms with Gasteiger partial charge in [0.15, 0.2) is 0 Å². The van der Waals surface area contributed by atoms with Gasteiger partial charge in [-0.1, -0.05) is 0 Å². The molecule has 82 valence electrons. The van der Waals surface area contributed by atoms with Gasteiger partial charge in [0.1, 0.15) is 5.75 Å². The Morgan fingerprint density at radius 1 is 1.53 bits per heavy atom. The molecule has 0 amide bonds. The van der Waals surface area contributed by atoms with E-state index in [1.807, 2.05) is 19.2 Å². The fourth-order valence-corrected chi connectivity index (χ4v) is 2.36. The van der Waals surface area contributed by atoms with E-state index in [4.69, 9.17) is 0 Å². The number of anilines is 1. The molecule has 1 aromatic rings. The first kappa shape index (κ1) is 10.3. The van der Waals surface area contributed by atoms with E-state index in [9.17, 15) is 10.2 Å². The number of fused-ring (bicyclic) bond motifs is 1. The Labute approximate surface area is 90.0 Å². The number of benzene rings is 1. The van der Waals surface area contributed by atoms with Crippen molar-refractivity contribution in [3.63, 3.8) is 0 Å². The van der Waals surface area contributed by atoms with Crippen molar-refractivity contribution in [1.82, 2.24) is 0 Å². The third-order valence-corrected chi connectivity index (χ3v) is 2.98. The average Bonchev–Trinajstić information content (AvgIpc) is 2.42. The average molecular weight is 207 g/mol. The summed E-state index contributed by atoms with van der Waals surface area (Å²) in [5.74, 6) is 0.636. The van der Waals surface area contributed by atoms with Crippen LogP contribution >= 0.6 is 0 Å². The molecular weight excluding hydrogens is 190 g/mol. The molecule has 2 unspecified atom stereocenters. The molecule has 0 fully saturated rings. The number of rotatable bonds is 2. The number of phenolic OH excluding ortho intramolecular Hbond substituents is 1. The lowest BCUT2D eigenvalue weighted by Gasteiger charge is -2.13. The number of likely N-dealkylation sites (N-methyl/N-ethyl adjacent to an activating group) is 1. The lowest BCUT2D eigenvalue weighted by atomic mass is 9.95. The number of phenols is 1. The summed E-state index contributed by atoms with van der Waals surface area (Å²) in [5, 5.41) is 18.9. The molecule has 0 aliphatic carbocycles. The summed E-state index contributed by atoms with van der Waals surface area (Å²) in [5.41, 5.74) is 2.32. The summed E-state index contributed by atoms with van der Waals surface area (Å²) in [7, 11) is 2.04. The first-order valence-corrected chi connectivity index (χ1v) is 5.30. The van der Waals surface area contributed by atoms with E-state index < -0.39 is 0 Å². The molecule has 2 atom stereocenters. The summed E-state index contributed by atoms with van der Waals surface area (Å²) >= 11 is 0. The molecule has 0 saturated heterocycles. The van der Waals surface area contributed by atoms with Gasteiger partial charge >= 0.3 is 0 Å². The van der Waals surface area contributed by atoms with Gasteiger partial charge in [-0.15, -0.1) is 0 Å². The van der Waals surface area contributed by atoms with Crippen molar-refractivity contribution < 1.29 is 10.2 Å². The molecule has 3 heteroatoms. The van der Waals surface area contributed by atoms with Gasteiger partial charge < -0.3 is 15.1 Å². The van der Waals surface area contributed by atoms with Crippen LogP contribution in [0.25, 0.3) is 0 Å². The van der Waals surface area contributed by atoms with Crippen molar-refractivity contribution in [3.05, 3.63) is 23.8 Å². The Morgan fingerprint density at radius 2 is 2.27 bits per heavy atom. The lowest BCUT2D eigenvalue weighted by Crippen LogP contribution is -2.17. The highest BCUT2D eigenvalue weighted by atomic mass is 16.3. The van der Waals surface area contributed by atoms with Gasteiger partial charge in [-0.2, -0.15) is 0 Å². The predicted molar refractivity (Wildman–Crippen MR) is 60.4 cm³/mol. The van der Waals surface area contributed by atoms with E-state index in [0.717, 1.165) is 18.5 Å². The topological polar surface area (TPSA) is 43.7 Å². The highest BCUT2D eigenvalue weighted by molar-refractivity contribution is 5.61. The van der Waals surface area contributed by atoms with Crippen molar-refractivity contribution in [2.75, 3.05) is 18.5 Å². The van der Waals surface area contributed by atoms with Crippen molar-refractivity contribution >= 4 is 5.69 Å². The Bertz CT molecular complexity index is 361. The SMILES string of the molecule is CC(O)CC1CN(C)c2ccc(O)cc21. The standard InChI is InChI=1S/C12H17NO2/c1-8(14)5-9-7-13(2)12-4-3-10(15)6-11(9)12/h3-4,6,8-9,14-15H,5,7H2,1-2H3. The molecule has 0 aromatic heterocycles. The minimum Gasteiger partial charge on any atom is -0.508 e. The van der Waals surface area contributed by atoms with Crippen LogP contribution in [0.1, 0.15) is 24.8 Å². The summed E-state index contributed by atoms with van der Waals surface area (Å²) in [6.45, 7) is 2.73. The molecule has 0 radical (unpaired) electrons. The zero-order chi connectivity index (χ0) is 11.0. The minimum atomic E-state index is -0.295. The molecular formula is C12H17NO2. The first-order chi connectivity index (χ1) is 7.08. The van der Waals surface area contributed by atoms with Crippen molar-refractivity contribution in [2.24, 2.45) is 0 Å². The fraction of sp³-hybridized carbons (Fsp3) is 0.500. The number of aliphatic hydroxyl groups is 1. The second kappa shape index (κ2) is 3.74. The molecule has 2 rings (SSSR count). The summed E-state index contributed by atoms with van der Waals surface area (Å²) < 4.78 is 0. The summed E-state index contributed by atoms with van der Waals surface area (Å²) in [6.07, 6.45) is 0.456. The van der Waals surface area contributed by atoms with Crippen molar-refractivity contribution in [2.45, 2.75) is 25.4 Å². The van der Waals surface area contributed by atoms with Crippen LogP contribution in [0, 0.1) is 0 Å². The zero-order valence-electron chi connectivity index (χ0n) is 9.14. The third-order valence-electron chi connectivity index (χ3n) is 2.98. The Kier molecular flexibility index (Phi) is 2.57. The van der Waals surface area contributed by atoms with Gasteiger partial charge in [0.05, 0.1) is 6.10 Å². The van der Waals surface area contributed by atoms with E-state index in [1.54, 1.807) is 13.0 Å². The molecule has 15 heavy (non-hydrogen) atoms. The first-order valence-electron chi connectivity index (χ1n) is 5.30. The van der Waals surface area contributed by atoms with Gasteiger partial charge in [-0.05, 0) is 37.1 Å². The summed E-state index contributed by atoms with van der Waals surface area (Å²) in [4.78, 5) is 2.17. The summed E-state index contributed by atoms with van der Waals surface area (Å²) in [6, 6.07) is 5.46. The molecule has 1 aliphatic rings. The highest BCUT2D eigenvalue weighted by Gasteiger charge is 2.27. The maximum atomic E-state index is 9.45. The maximum absolute atomic E-state index is 9.45. The highest BCUT2D eigenvalue weighted by Crippen LogP contribution is 2.39. The number of nitrogens with zero attached hydrogens (tertiary/aromatic N) is 1. The monoisotopic (exact) mass is 207 g/mol. The van der Waals surface area contributed by atoms with Crippen LogP contribution in [0.15, 0.2) is 18.2 Å².